The van der Waals surface area contributed by atoms with E-state index in [1.165, 1.54) is 51.4 Å². The normalized spacial score (nSPS) is 11.8. The van der Waals surface area contributed by atoms with Gasteiger partial charge in [-0.15, -0.1) is 0 Å². The van der Waals surface area contributed by atoms with Crippen molar-refractivity contribution in [2.45, 2.75) is 129 Å². The van der Waals surface area contributed by atoms with Crippen LogP contribution in [0.25, 0.3) is 0 Å². The van der Waals surface area contributed by atoms with Gasteiger partial charge in [0.15, 0.2) is 0 Å². The topological polar surface area (TPSA) is 176 Å². The second-order valence-electron chi connectivity index (χ2n) is 9.62. The van der Waals surface area contributed by atoms with Crippen LogP contribution >= 0.6 is 0 Å². The molecule has 0 saturated carbocycles. The van der Waals surface area contributed by atoms with E-state index in [-0.39, 0.29) is 67.5 Å². The van der Waals surface area contributed by atoms with Crippen molar-refractivity contribution in [3.63, 3.8) is 0 Å². The van der Waals surface area contributed by atoms with Crippen molar-refractivity contribution in [1.82, 2.24) is 5.32 Å². The first-order chi connectivity index (χ1) is 17.9. The average molecular weight is 625 g/mol. The van der Waals surface area contributed by atoms with Crippen molar-refractivity contribution in [3.8, 4) is 0 Å². The Hall–Kier alpha value is 0.0197. The second-order valence-corrected chi connectivity index (χ2v) is 12.7. The molecule has 0 saturated heterocycles. The number of carbonyl (C=O) groups excluding carboxylic acids is 1. The molecule has 2 N–H and O–H groups in total. The Morgan fingerprint density at radius 2 is 1.21 bits per heavy atom. The number of hydrogen-bond acceptors (Lipinski definition) is 8. The van der Waals surface area contributed by atoms with Crippen molar-refractivity contribution in [2.75, 3.05) is 24.6 Å². The molecule has 1 amide bonds. The van der Waals surface area contributed by atoms with Crippen molar-refractivity contribution in [2.24, 2.45) is 4.99 Å². The standard InChI is InChI=1S/2C13H27NO4S.Ca/c2*1-2-3-4-5-6-7-10-13(15)14-11-8-9-12-19(16,17)18;/h2*2-12H2,1H3,(H,14,15)(H,16,17,18);/q;;+2/p-2. The Kier molecular flexibility index (Phi) is 32.9. The molecule has 39 heavy (non-hydrogen) atoms. The monoisotopic (exact) mass is 624 g/mol. The van der Waals surface area contributed by atoms with E-state index in [1.807, 2.05) is 0 Å². The summed E-state index contributed by atoms with van der Waals surface area (Å²) in [6, 6.07) is 0. The number of amides is 1. The molecular weight excluding hydrogens is 573 g/mol. The van der Waals surface area contributed by atoms with Crippen LogP contribution in [0.5, 0.6) is 0 Å². The van der Waals surface area contributed by atoms with Crippen molar-refractivity contribution in [3.05, 3.63) is 0 Å². The first-order valence-corrected chi connectivity index (χ1v) is 17.5. The number of aliphatic imine (C=N–C) groups is 1. The van der Waals surface area contributed by atoms with E-state index < -0.39 is 20.2 Å². The van der Waals surface area contributed by atoms with Crippen LogP contribution < -0.4 is 10.4 Å². The maximum atomic E-state index is 11.4. The smallest absolute Gasteiger partial charge is 0.862 e. The van der Waals surface area contributed by atoms with Crippen LogP contribution in [-0.2, 0) is 25.0 Å². The minimum absolute atomic E-state index is 0. The summed E-state index contributed by atoms with van der Waals surface area (Å²) in [4.78, 5) is 15.3. The van der Waals surface area contributed by atoms with Crippen molar-refractivity contribution >= 4 is 69.8 Å². The molecule has 0 aromatic rings. The predicted molar refractivity (Wildman–Crippen MR) is 156 cm³/mol. The molecule has 0 aromatic heterocycles. The van der Waals surface area contributed by atoms with Crippen LogP contribution in [0.3, 0.4) is 0 Å². The Morgan fingerprint density at radius 1 is 0.718 bits per heavy atom. The fourth-order valence-corrected chi connectivity index (χ4v) is 4.65. The van der Waals surface area contributed by atoms with Crippen LogP contribution in [-0.4, -0.2) is 100 Å². The van der Waals surface area contributed by atoms with Gasteiger partial charge in [0.1, 0.15) is 0 Å². The molecule has 0 aliphatic heterocycles. The van der Waals surface area contributed by atoms with Gasteiger partial charge in [-0.3, -0.25) is 9.35 Å². The van der Waals surface area contributed by atoms with Crippen LogP contribution in [0, 0.1) is 0 Å². The molecule has 0 spiro atoms. The third-order valence-electron chi connectivity index (χ3n) is 5.74. The van der Waals surface area contributed by atoms with Gasteiger partial charge in [-0.1, -0.05) is 78.1 Å². The summed E-state index contributed by atoms with van der Waals surface area (Å²) in [7, 11) is -7.99. The summed E-state index contributed by atoms with van der Waals surface area (Å²) in [5.41, 5.74) is 0. The van der Waals surface area contributed by atoms with E-state index in [1.54, 1.807) is 0 Å². The molecule has 228 valence electrons. The maximum absolute atomic E-state index is 11.4. The second kappa shape index (κ2) is 29.5. The number of nitrogens with zero attached hydrogens (tertiary/aromatic N) is 1. The van der Waals surface area contributed by atoms with Crippen LogP contribution in [0.15, 0.2) is 4.99 Å². The molecule has 0 fully saturated rings. The van der Waals surface area contributed by atoms with Crippen LogP contribution in [0.4, 0.5) is 0 Å². The number of unbranched alkanes of at least 4 members (excludes halogenated alkanes) is 12. The number of hydrogen-bond donors (Lipinski definition) is 2. The summed E-state index contributed by atoms with van der Waals surface area (Å²) < 4.78 is 60.4. The zero-order chi connectivity index (χ0) is 29.1. The number of carbonyl (C=O) groups is 1. The minimum atomic E-state index is -4.13. The molecule has 0 bridgehead atoms. The van der Waals surface area contributed by atoms with Gasteiger partial charge in [-0.2, -0.15) is 8.42 Å². The minimum Gasteiger partial charge on any atom is -0.862 e. The molecule has 0 heterocycles. The first kappa shape index (κ1) is 43.5. The third kappa shape index (κ3) is 42.6. The Morgan fingerprint density at radius 3 is 1.72 bits per heavy atom. The van der Waals surface area contributed by atoms with Crippen LogP contribution in [0.2, 0.25) is 0 Å². The van der Waals surface area contributed by atoms with Gasteiger partial charge >= 0.3 is 37.7 Å². The predicted octanol–water partition coefficient (Wildman–Crippen LogP) is 3.96. The first-order valence-electron chi connectivity index (χ1n) is 14.3. The molecule has 0 aliphatic carbocycles. The Balaban J connectivity index is -0.000000648. The van der Waals surface area contributed by atoms with E-state index in [2.05, 4.69) is 24.2 Å². The van der Waals surface area contributed by atoms with E-state index in [0.29, 0.717) is 45.2 Å². The molecule has 0 rings (SSSR count). The van der Waals surface area contributed by atoms with Gasteiger partial charge in [0.2, 0.25) is 5.91 Å². The van der Waals surface area contributed by atoms with Gasteiger partial charge < -0.3 is 20.0 Å². The Bertz CT molecular complexity index is 807. The molecule has 0 unspecified atom stereocenters. The molecule has 13 heteroatoms. The maximum Gasteiger partial charge on any atom is 2.00 e. The Labute approximate surface area is 268 Å². The quantitative estimate of drug-likeness (QED) is 0.0533. The summed E-state index contributed by atoms with van der Waals surface area (Å²) in [5, 5.41) is 14.1. The average Bonchev–Trinajstić information content (AvgIpc) is 2.82. The zero-order valence-electron chi connectivity index (χ0n) is 24.3. The molecule has 0 atom stereocenters. The largest absolute Gasteiger partial charge is 2.00 e. The van der Waals surface area contributed by atoms with E-state index in [4.69, 9.17) is 4.55 Å². The van der Waals surface area contributed by atoms with Crippen molar-refractivity contribution in [1.29, 1.82) is 0 Å². The molecular formula is C26H52CaN2O8S2. The van der Waals surface area contributed by atoms with E-state index >= 15 is 0 Å². The fraction of sp³-hybridized carbons (Fsp3) is 0.923. The van der Waals surface area contributed by atoms with Gasteiger partial charge in [-0.25, -0.2) is 8.42 Å². The SMILES string of the molecule is CCCCCCCCC(=O)NCCCCS(=O)(=O)O.CCCCCCCCC([O-])=NCCCCS(=O)(=O)[O-].[Ca+2]. The van der Waals surface area contributed by atoms with Gasteiger partial charge in [0.25, 0.3) is 10.1 Å². The van der Waals surface area contributed by atoms with Gasteiger partial charge in [0, 0.05) is 25.3 Å². The fourth-order valence-electron chi connectivity index (χ4n) is 3.52. The zero-order valence-corrected chi connectivity index (χ0v) is 28.2. The third-order valence-corrected chi connectivity index (χ3v) is 7.34. The van der Waals surface area contributed by atoms with Gasteiger partial charge in [-0.05, 0) is 50.8 Å². The summed E-state index contributed by atoms with van der Waals surface area (Å²) in [5.74, 6) is -0.683. The molecule has 0 radical (unpaired) electrons. The molecule has 0 aromatic carbocycles. The molecule has 0 aliphatic rings. The van der Waals surface area contributed by atoms with Gasteiger partial charge in [0.05, 0.1) is 15.9 Å². The van der Waals surface area contributed by atoms with E-state index in [9.17, 15) is 31.3 Å². The van der Waals surface area contributed by atoms with E-state index in [0.717, 1.165) is 25.7 Å². The van der Waals surface area contributed by atoms with Crippen LogP contribution in [0.1, 0.15) is 129 Å². The summed E-state index contributed by atoms with van der Waals surface area (Å²) in [6.07, 6.45) is 16.5. The number of nitrogens with one attached hydrogen (secondary N) is 1. The number of rotatable bonds is 24. The summed E-state index contributed by atoms with van der Waals surface area (Å²) in [6.45, 7) is 5.14. The summed E-state index contributed by atoms with van der Waals surface area (Å²) >= 11 is 0. The van der Waals surface area contributed by atoms with Crippen molar-refractivity contribution < 1.29 is 35.8 Å². The molecule has 10 nitrogen and oxygen atoms in total.